The van der Waals surface area contributed by atoms with Gasteiger partial charge in [0.15, 0.2) is 6.10 Å². The van der Waals surface area contributed by atoms with Crippen molar-refractivity contribution in [1.82, 2.24) is 0 Å². The van der Waals surface area contributed by atoms with Crippen molar-refractivity contribution >= 4 is 38.9 Å². The summed E-state index contributed by atoms with van der Waals surface area (Å²) in [5.74, 6) is 0.466. The molecule has 0 aliphatic rings. The fourth-order valence-corrected chi connectivity index (χ4v) is 4.30. The van der Waals surface area contributed by atoms with E-state index in [1.807, 2.05) is 19.9 Å². The van der Waals surface area contributed by atoms with Crippen LogP contribution in [0.2, 0.25) is 5.02 Å². The Kier molecular flexibility index (Phi) is 7.84. The highest BCUT2D eigenvalue weighted by Crippen LogP contribution is 2.28. The van der Waals surface area contributed by atoms with Crippen LogP contribution >= 0.6 is 11.6 Å². The third kappa shape index (κ3) is 6.18. The van der Waals surface area contributed by atoms with E-state index in [0.717, 1.165) is 5.56 Å². The number of hydrogen-bond donors (Lipinski definition) is 2. The van der Waals surface area contributed by atoms with E-state index >= 15 is 0 Å². The van der Waals surface area contributed by atoms with Gasteiger partial charge in [-0.25, -0.2) is 8.42 Å². The van der Waals surface area contributed by atoms with Crippen LogP contribution in [0.1, 0.15) is 18.9 Å². The highest BCUT2D eigenvalue weighted by molar-refractivity contribution is 7.92. The number of aryl methyl sites for hydroxylation is 1. The summed E-state index contributed by atoms with van der Waals surface area (Å²) in [4.78, 5) is 12.7. The fraction of sp³-hybridized carbons (Fsp3) is 0.208. The summed E-state index contributed by atoms with van der Waals surface area (Å²) in [5.41, 5.74) is 1.67. The van der Waals surface area contributed by atoms with Gasteiger partial charge in [0.1, 0.15) is 11.5 Å². The minimum Gasteiger partial charge on any atom is -0.495 e. The summed E-state index contributed by atoms with van der Waals surface area (Å²) in [7, 11) is -2.39. The molecule has 0 fully saturated rings. The number of sulfonamides is 1. The molecule has 1 unspecified atom stereocenters. The summed E-state index contributed by atoms with van der Waals surface area (Å²) in [6.07, 6.45) is -0.338. The quantitative estimate of drug-likeness (QED) is 0.429. The Bertz CT molecular complexity index is 1230. The van der Waals surface area contributed by atoms with Crippen molar-refractivity contribution in [3.63, 3.8) is 0 Å². The van der Waals surface area contributed by atoms with Gasteiger partial charge in [-0.05, 0) is 67.4 Å². The summed E-state index contributed by atoms with van der Waals surface area (Å²) in [5, 5.41) is 3.16. The molecule has 0 aromatic heterocycles. The van der Waals surface area contributed by atoms with Crippen molar-refractivity contribution in [2.24, 2.45) is 0 Å². The number of halogens is 1. The topological polar surface area (TPSA) is 93.7 Å². The molecule has 3 aromatic carbocycles. The van der Waals surface area contributed by atoms with E-state index in [1.54, 1.807) is 36.4 Å². The van der Waals surface area contributed by atoms with E-state index in [-0.39, 0.29) is 10.8 Å². The van der Waals surface area contributed by atoms with E-state index < -0.39 is 16.1 Å². The Hall–Kier alpha value is -3.23. The summed E-state index contributed by atoms with van der Waals surface area (Å²) < 4.78 is 39.2. The summed E-state index contributed by atoms with van der Waals surface area (Å²) >= 11 is 6.11. The molecule has 2 N–H and O–H groups in total. The van der Waals surface area contributed by atoms with Crippen molar-refractivity contribution in [2.45, 2.75) is 31.3 Å². The maximum atomic E-state index is 12.8. The standard InChI is InChI=1S/C24H25ClN2O5S/c1-4-21(32-22-8-6-5-7-19(22)25)24(28)26-17-10-12-18(13-11-17)33(29,30)27-20-15-16(2)9-14-23(20)31-3/h5-15,21,27H,4H2,1-3H3,(H,26,28). The van der Waals surface area contributed by atoms with E-state index in [9.17, 15) is 13.2 Å². The van der Waals surface area contributed by atoms with Gasteiger partial charge in [-0.2, -0.15) is 0 Å². The van der Waals surface area contributed by atoms with Crippen LogP contribution in [0.15, 0.2) is 71.6 Å². The summed E-state index contributed by atoms with van der Waals surface area (Å²) in [6.45, 7) is 3.68. The van der Waals surface area contributed by atoms with Crippen molar-refractivity contribution in [3.05, 3.63) is 77.3 Å². The average molecular weight is 489 g/mol. The number of hydrogen-bond acceptors (Lipinski definition) is 5. The molecule has 33 heavy (non-hydrogen) atoms. The molecule has 0 aliphatic heterocycles. The molecule has 0 bridgehead atoms. The molecule has 3 rings (SSSR count). The molecular formula is C24H25ClN2O5S. The van der Waals surface area contributed by atoms with Gasteiger partial charge in [-0.1, -0.05) is 36.7 Å². The third-order valence-corrected chi connectivity index (χ3v) is 6.49. The first-order valence-electron chi connectivity index (χ1n) is 10.2. The van der Waals surface area contributed by atoms with E-state index in [0.29, 0.717) is 34.3 Å². The number of ether oxygens (including phenoxy) is 2. The Balaban J connectivity index is 1.71. The van der Waals surface area contributed by atoms with Crippen LogP contribution in [0.3, 0.4) is 0 Å². The molecular weight excluding hydrogens is 464 g/mol. The van der Waals surface area contributed by atoms with Gasteiger partial charge >= 0.3 is 0 Å². The average Bonchev–Trinajstić information content (AvgIpc) is 2.78. The monoisotopic (exact) mass is 488 g/mol. The van der Waals surface area contributed by atoms with E-state index in [2.05, 4.69) is 10.0 Å². The van der Waals surface area contributed by atoms with Crippen LogP contribution in [0, 0.1) is 6.92 Å². The second kappa shape index (κ2) is 10.6. The normalized spacial score (nSPS) is 12.0. The van der Waals surface area contributed by atoms with Crippen LogP contribution in [0.25, 0.3) is 0 Å². The molecule has 0 aliphatic carbocycles. The van der Waals surface area contributed by atoms with Crippen molar-refractivity contribution in [2.75, 3.05) is 17.1 Å². The largest absolute Gasteiger partial charge is 0.495 e. The highest BCUT2D eigenvalue weighted by Gasteiger charge is 2.21. The zero-order valence-electron chi connectivity index (χ0n) is 18.5. The lowest BCUT2D eigenvalue weighted by molar-refractivity contribution is -0.122. The van der Waals surface area contributed by atoms with Gasteiger partial charge in [-0.3, -0.25) is 9.52 Å². The number of para-hydroxylation sites is 1. The third-order valence-electron chi connectivity index (χ3n) is 4.80. The van der Waals surface area contributed by atoms with Gasteiger partial charge in [-0.15, -0.1) is 0 Å². The number of anilines is 2. The van der Waals surface area contributed by atoms with Gasteiger partial charge in [0, 0.05) is 5.69 Å². The van der Waals surface area contributed by atoms with Crippen LogP contribution < -0.4 is 19.5 Å². The Morgan fingerprint density at radius 3 is 2.36 bits per heavy atom. The lowest BCUT2D eigenvalue weighted by Gasteiger charge is -2.18. The minimum absolute atomic E-state index is 0.0448. The molecule has 0 saturated heterocycles. The molecule has 174 valence electrons. The second-order valence-corrected chi connectivity index (χ2v) is 9.36. The number of rotatable bonds is 9. The predicted molar refractivity (Wildman–Crippen MR) is 130 cm³/mol. The number of nitrogens with one attached hydrogen (secondary N) is 2. The first-order valence-corrected chi connectivity index (χ1v) is 12.1. The predicted octanol–water partition coefficient (Wildman–Crippen LogP) is 5.25. The van der Waals surface area contributed by atoms with Gasteiger partial charge in [0.05, 0.1) is 22.7 Å². The molecule has 0 saturated carbocycles. The summed E-state index contributed by atoms with van der Waals surface area (Å²) in [6, 6.07) is 18.0. The molecule has 1 atom stereocenters. The SMILES string of the molecule is CCC(Oc1ccccc1Cl)C(=O)Nc1ccc(S(=O)(=O)Nc2cc(C)ccc2OC)cc1. The van der Waals surface area contributed by atoms with Crippen LogP contribution in [-0.2, 0) is 14.8 Å². The molecule has 0 spiro atoms. The zero-order valence-corrected chi connectivity index (χ0v) is 20.0. The number of methoxy groups -OCH3 is 1. The number of amides is 1. The highest BCUT2D eigenvalue weighted by atomic mass is 35.5. The lowest BCUT2D eigenvalue weighted by atomic mass is 10.2. The van der Waals surface area contributed by atoms with Gasteiger partial charge in [0.25, 0.3) is 15.9 Å². The minimum atomic E-state index is -3.86. The molecule has 9 heteroatoms. The Morgan fingerprint density at radius 2 is 1.73 bits per heavy atom. The first-order chi connectivity index (χ1) is 15.7. The maximum Gasteiger partial charge on any atom is 0.265 e. The van der Waals surface area contributed by atoms with Crippen LogP contribution in [0.5, 0.6) is 11.5 Å². The second-order valence-electron chi connectivity index (χ2n) is 7.27. The van der Waals surface area contributed by atoms with Gasteiger partial charge < -0.3 is 14.8 Å². The lowest BCUT2D eigenvalue weighted by Crippen LogP contribution is -2.32. The van der Waals surface area contributed by atoms with Crippen molar-refractivity contribution in [3.8, 4) is 11.5 Å². The first kappa shape index (κ1) is 24.4. The van der Waals surface area contributed by atoms with E-state index in [1.165, 1.54) is 31.4 Å². The molecule has 0 radical (unpaired) electrons. The Labute approximate surface area is 198 Å². The van der Waals surface area contributed by atoms with Crippen molar-refractivity contribution < 1.29 is 22.7 Å². The number of carbonyl (C=O) groups excluding carboxylic acids is 1. The maximum absolute atomic E-state index is 12.8. The number of carbonyl (C=O) groups is 1. The molecule has 7 nitrogen and oxygen atoms in total. The van der Waals surface area contributed by atoms with E-state index in [4.69, 9.17) is 21.1 Å². The fourth-order valence-electron chi connectivity index (χ4n) is 3.06. The van der Waals surface area contributed by atoms with Crippen LogP contribution in [-0.4, -0.2) is 27.5 Å². The molecule has 1 amide bonds. The molecule has 0 heterocycles. The van der Waals surface area contributed by atoms with Gasteiger partial charge in [0.2, 0.25) is 0 Å². The zero-order chi connectivity index (χ0) is 24.0. The van der Waals surface area contributed by atoms with Crippen LogP contribution in [0.4, 0.5) is 11.4 Å². The molecule has 3 aromatic rings. The smallest absolute Gasteiger partial charge is 0.265 e. The Morgan fingerprint density at radius 1 is 1.03 bits per heavy atom. The van der Waals surface area contributed by atoms with Crippen molar-refractivity contribution in [1.29, 1.82) is 0 Å². The number of benzene rings is 3.